The van der Waals surface area contributed by atoms with E-state index >= 15 is 0 Å². The average molecular weight is 420 g/mol. The highest BCUT2D eigenvalue weighted by molar-refractivity contribution is 6.00. The predicted octanol–water partition coefficient (Wildman–Crippen LogP) is 3.21. The van der Waals surface area contributed by atoms with Gasteiger partial charge in [-0.15, -0.1) is 0 Å². The highest BCUT2D eigenvalue weighted by Gasteiger charge is 2.23. The zero-order valence-corrected chi connectivity index (χ0v) is 18.4. The minimum Gasteiger partial charge on any atom is -0.369 e. The molecule has 0 saturated carbocycles. The van der Waals surface area contributed by atoms with E-state index in [4.69, 9.17) is 4.52 Å². The zero-order valence-electron chi connectivity index (χ0n) is 18.4. The number of hydrogen-bond donors (Lipinski definition) is 1. The molecule has 1 aromatic carbocycles. The smallest absolute Gasteiger partial charge is 0.257 e. The molecule has 4 rings (SSSR count). The summed E-state index contributed by atoms with van der Waals surface area (Å²) in [4.78, 5) is 21.9. The van der Waals surface area contributed by atoms with Crippen molar-refractivity contribution in [2.45, 2.75) is 20.8 Å². The second kappa shape index (κ2) is 9.31. The lowest BCUT2D eigenvalue weighted by atomic mass is 10.1. The number of aromatic nitrogens is 2. The van der Waals surface area contributed by atoms with Crippen molar-refractivity contribution >= 4 is 11.6 Å². The number of nitrogens with one attached hydrogen (secondary N) is 1. The van der Waals surface area contributed by atoms with Crippen molar-refractivity contribution in [3.63, 3.8) is 0 Å². The summed E-state index contributed by atoms with van der Waals surface area (Å²) in [6.07, 6.45) is 1.68. The predicted molar refractivity (Wildman–Crippen MR) is 121 cm³/mol. The third-order valence-electron chi connectivity index (χ3n) is 6.00. The van der Waals surface area contributed by atoms with Gasteiger partial charge in [0.05, 0.1) is 5.69 Å². The van der Waals surface area contributed by atoms with Crippen molar-refractivity contribution < 1.29 is 9.32 Å². The average Bonchev–Trinajstić information content (AvgIpc) is 3.18. The first kappa shape index (κ1) is 21.1. The van der Waals surface area contributed by atoms with Gasteiger partial charge in [-0.25, -0.2) is 0 Å². The Morgan fingerprint density at radius 1 is 1.06 bits per heavy atom. The molecule has 0 bridgehead atoms. The number of amides is 1. The first-order chi connectivity index (χ1) is 15.0. The lowest BCUT2D eigenvalue weighted by Crippen LogP contribution is -2.48. The van der Waals surface area contributed by atoms with Crippen LogP contribution in [0, 0.1) is 20.8 Å². The maximum Gasteiger partial charge on any atom is 0.257 e. The Morgan fingerprint density at radius 3 is 2.61 bits per heavy atom. The summed E-state index contributed by atoms with van der Waals surface area (Å²) in [5.41, 5.74) is 5.59. The molecule has 2 aromatic heterocycles. The molecule has 3 heterocycles. The van der Waals surface area contributed by atoms with Crippen LogP contribution >= 0.6 is 0 Å². The van der Waals surface area contributed by atoms with Crippen molar-refractivity contribution in [1.29, 1.82) is 0 Å². The van der Waals surface area contributed by atoms with E-state index in [1.807, 2.05) is 18.2 Å². The first-order valence-electron chi connectivity index (χ1n) is 10.7. The molecule has 1 saturated heterocycles. The summed E-state index contributed by atoms with van der Waals surface area (Å²) in [5.74, 6) is 0.328. The van der Waals surface area contributed by atoms with E-state index in [2.05, 4.69) is 57.3 Å². The molecule has 7 nitrogen and oxygen atoms in total. The maximum atomic E-state index is 12.8. The van der Waals surface area contributed by atoms with Gasteiger partial charge < -0.3 is 14.7 Å². The lowest BCUT2D eigenvalue weighted by Gasteiger charge is -2.37. The summed E-state index contributed by atoms with van der Waals surface area (Å²) < 4.78 is 5.27. The number of pyridine rings is 1. The van der Waals surface area contributed by atoms with Crippen LogP contribution in [0.15, 0.2) is 47.1 Å². The molecule has 3 aromatic rings. The van der Waals surface area contributed by atoms with Gasteiger partial charge in [0.15, 0.2) is 0 Å². The summed E-state index contributed by atoms with van der Waals surface area (Å²) in [5, 5.41) is 7.06. The fraction of sp³-hybridized carbons (Fsp3) is 0.375. The Kier molecular flexibility index (Phi) is 6.32. The molecule has 1 N–H and O–H groups in total. The Bertz CT molecular complexity index is 1040. The molecule has 1 aliphatic heterocycles. The van der Waals surface area contributed by atoms with Gasteiger partial charge in [0.1, 0.15) is 17.0 Å². The quantitative estimate of drug-likeness (QED) is 0.661. The maximum absolute atomic E-state index is 12.8. The summed E-state index contributed by atoms with van der Waals surface area (Å²) in [6.45, 7) is 11.4. The summed E-state index contributed by atoms with van der Waals surface area (Å²) in [6, 6.07) is 12.0. The van der Waals surface area contributed by atoms with Gasteiger partial charge in [0.2, 0.25) is 0 Å². The number of rotatable bonds is 6. The standard InChI is InChI=1S/C24H29N5O2/c1-17-7-6-9-21(18(17)2)29-15-13-28(14-16-29)12-11-26-24(30)22-19(3)31-27-23(22)20-8-4-5-10-25-20/h4-10H,11-16H2,1-3H3,(H,26,30). The van der Waals surface area contributed by atoms with E-state index in [1.54, 1.807) is 13.1 Å². The van der Waals surface area contributed by atoms with Crippen LogP contribution in [0.5, 0.6) is 0 Å². The molecule has 7 heteroatoms. The zero-order chi connectivity index (χ0) is 21.8. The van der Waals surface area contributed by atoms with Gasteiger partial charge in [-0.2, -0.15) is 0 Å². The van der Waals surface area contributed by atoms with Gasteiger partial charge in [-0.1, -0.05) is 23.4 Å². The number of carbonyl (C=O) groups excluding carboxylic acids is 1. The number of nitrogens with zero attached hydrogens (tertiary/aromatic N) is 4. The molecular formula is C24H29N5O2. The van der Waals surface area contributed by atoms with Crippen LogP contribution in [0.3, 0.4) is 0 Å². The Hall–Kier alpha value is -3.19. The van der Waals surface area contributed by atoms with Gasteiger partial charge in [-0.05, 0) is 50.1 Å². The van der Waals surface area contributed by atoms with Gasteiger partial charge in [0.25, 0.3) is 5.91 Å². The number of hydrogen-bond acceptors (Lipinski definition) is 6. The minimum absolute atomic E-state index is 0.173. The number of anilines is 1. The van der Waals surface area contributed by atoms with Gasteiger partial charge >= 0.3 is 0 Å². The van der Waals surface area contributed by atoms with Crippen LogP contribution in [0.2, 0.25) is 0 Å². The highest BCUT2D eigenvalue weighted by Crippen LogP contribution is 2.24. The molecule has 0 atom stereocenters. The largest absolute Gasteiger partial charge is 0.369 e. The molecule has 1 amide bonds. The molecule has 162 valence electrons. The number of aryl methyl sites for hydroxylation is 2. The number of benzene rings is 1. The van der Waals surface area contributed by atoms with E-state index < -0.39 is 0 Å². The lowest BCUT2D eigenvalue weighted by molar-refractivity contribution is 0.0946. The van der Waals surface area contributed by atoms with Crippen molar-refractivity contribution in [3.8, 4) is 11.4 Å². The van der Waals surface area contributed by atoms with E-state index in [1.165, 1.54) is 16.8 Å². The summed E-state index contributed by atoms with van der Waals surface area (Å²) >= 11 is 0. The minimum atomic E-state index is -0.173. The molecule has 0 spiro atoms. The van der Waals surface area contributed by atoms with Crippen molar-refractivity contribution in [3.05, 3.63) is 65.0 Å². The Labute approximate surface area is 183 Å². The van der Waals surface area contributed by atoms with Crippen molar-refractivity contribution in [2.24, 2.45) is 0 Å². The topological polar surface area (TPSA) is 74.5 Å². The molecular weight excluding hydrogens is 390 g/mol. The third-order valence-corrected chi connectivity index (χ3v) is 6.00. The van der Waals surface area contributed by atoms with Crippen LogP contribution < -0.4 is 10.2 Å². The molecule has 0 unspecified atom stereocenters. The van der Waals surface area contributed by atoms with Gasteiger partial charge in [-0.3, -0.25) is 14.7 Å². The Morgan fingerprint density at radius 2 is 1.87 bits per heavy atom. The summed E-state index contributed by atoms with van der Waals surface area (Å²) in [7, 11) is 0. The van der Waals surface area contributed by atoms with E-state index in [-0.39, 0.29) is 5.91 Å². The van der Waals surface area contributed by atoms with Gasteiger partial charge in [0, 0.05) is 51.2 Å². The van der Waals surface area contributed by atoms with Crippen LogP contribution in [-0.2, 0) is 0 Å². The highest BCUT2D eigenvalue weighted by atomic mass is 16.5. The van der Waals surface area contributed by atoms with Crippen LogP contribution in [0.1, 0.15) is 27.2 Å². The molecule has 0 aliphatic carbocycles. The molecule has 0 radical (unpaired) electrons. The second-order valence-corrected chi connectivity index (χ2v) is 7.98. The fourth-order valence-corrected chi connectivity index (χ4v) is 4.02. The SMILES string of the molecule is Cc1cccc(N2CCN(CCNC(=O)c3c(-c4ccccn4)noc3C)CC2)c1C. The molecule has 1 fully saturated rings. The monoisotopic (exact) mass is 419 g/mol. The number of piperazine rings is 1. The number of carbonyl (C=O) groups is 1. The Balaban J connectivity index is 1.30. The van der Waals surface area contributed by atoms with Crippen LogP contribution in [0.4, 0.5) is 5.69 Å². The first-order valence-corrected chi connectivity index (χ1v) is 10.7. The van der Waals surface area contributed by atoms with E-state index in [0.717, 1.165) is 32.7 Å². The van der Waals surface area contributed by atoms with Crippen molar-refractivity contribution in [2.75, 3.05) is 44.2 Å². The fourth-order valence-electron chi connectivity index (χ4n) is 4.02. The normalized spacial score (nSPS) is 14.6. The van der Waals surface area contributed by atoms with Crippen LogP contribution in [-0.4, -0.2) is 60.2 Å². The van der Waals surface area contributed by atoms with Crippen molar-refractivity contribution in [1.82, 2.24) is 20.4 Å². The molecule has 31 heavy (non-hydrogen) atoms. The third kappa shape index (κ3) is 4.61. The van der Waals surface area contributed by atoms with E-state index in [0.29, 0.717) is 29.3 Å². The second-order valence-electron chi connectivity index (χ2n) is 7.98. The van der Waals surface area contributed by atoms with Crippen LogP contribution in [0.25, 0.3) is 11.4 Å². The molecule has 1 aliphatic rings. The van der Waals surface area contributed by atoms with E-state index in [9.17, 15) is 4.79 Å².